The Labute approximate surface area is 244 Å². The van der Waals surface area contributed by atoms with Crippen LogP contribution in [0.25, 0.3) is 5.69 Å². The van der Waals surface area contributed by atoms with E-state index in [1.54, 1.807) is 39.9 Å². The van der Waals surface area contributed by atoms with Gasteiger partial charge in [-0.2, -0.15) is 9.78 Å². The maximum absolute atomic E-state index is 14.0. The van der Waals surface area contributed by atoms with Crippen LogP contribution in [0.4, 0.5) is 0 Å². The van der Waals surface area contributed by atoms with Crippen LogP contribution in [0.2, 0.25) is 10.0 Å². The number of carbonyl (C=O) groups excluding carboxylic acids is 1. The summed E-state index contributed by atoms with van der Waals surface area (Å²) >= 11 is 12.7. The summed E-state index contributed by atoms with van der Waals surface area (Å²) in [5, 5.41) is 20.6. The van der Waals surface area contributed by atoms with Crippen molar-refractivity contribution in [2.75, 3.05) is 19.6 Å². The predicted molar refractivity (Wildman–Crippen MR) is 158 cm³/mol. The van der Waals surface area contributed by atoms with Gasteiger partial charge in [-0.25, -0.2) is 0 Å². The third kappa shape index (κ3) is 6.03. The second kappa shape index (κ2) is 12.4. The Morgan fingerprint density at radius 2 is 1.68 bits per heavy atom. The average molecular weight is 580 g/mol. The van der Waals surface area contributed by atoms with Gasteiger partial charge in [-0.15, -0.1) is 0 Å². The highest BCUT2D eigenvalue weighted by molar-refractivity contribution is 6.32. The van der Waals surface area contributed by atoms with Crippen molar-refractivity contribution in [3.8, 4) is 17.3 Å². The Kier molecular flexibility index (Phi) is 8.76. The highest BCUT2D eigenvalue weighted by Gasteiger charge is 2.37. The Balaban J connectivity index is 1.52. The molecule has 3 aromatic carbocycles. The van der Waals surface area contributed by atoms with Crippen LogP contribution in [0.15, 0.2) is 78.9 Å². The van der Waals surface area contributed by atoms with Crippen molar-refractivity contribution < 1.29 is 14.6 Å². The van der Waals surface area contributed by atoms with Gasteiger partial charge in [0.15, 0.2) is 5.69 Å². The minimum absolute atomic E-state index is 0.213. The largest absolute Gasteiger partial charge is 0.439 e. The molecule has 1 saturated heterocycles. The zero-order chi connectivity index (χ0) is 28.1. The van der Waals surface area contributed by atoms with E-state index in [0.717, 1.165) is 18.5 Å². The summed E-state index contributed by atoms with van der Waals surface area (Å²) in [4.78, 5) is 15.8. The monoisotopic (exact) mass is 578 g/mol. The number of nitrogens with one attached hydrogen (secondary N) is 1. The zero-order valence-corrected chi connectivity index (χ0v) is 23.8. The molecule has 9 heteroatoms. The van der Waals surface area contributed by atoms with Crippen molar-refractivity contribution in [1.29, 1.82) is 0 Å². The van der Waals surface area contributed by atoms with Crippen LogP contribution >= 0.6 is 23.2 Å². The molecule has 2 heterocycles. The quantitative estimate of drug-likeness (QED) is 0.219. The molecule has 1 aliphatic heterocycles. The van der Waals surface area contributed by atoms with Crippen LogP contribution in [-0.2, 0) is 12.1 Å². The molecule has 1 amide bonds. The fraction of sp³-hybridized carbons (Fsp3) is 0.290. The number of para-hydroxylation sites is 1. The molecule has 0 aliphatic carbocycles. The molecule has 208 valence electrons. The fourth-order valence-electron chi connectivity index (χ4n) is 4.93. The number of nitrogens with zero attached hydrogens (tertiary/aromatic N) is 3. The smallest absolute Gasteiger partial charge is 0.274 e. The van der Waals surface area contributed by atoms with Gasteiger partial charge >= 0.3 is 0 Å². The Morgan fingerprint density at radius 1 is 1.00 bits per heavy atom. The van der Waals surface area contributed by atoms with Gasteiger partial charge in [0, 0.05) is 24.7 Å². The standard InChI is InChI=1S/C31H32Cl2N4O3/c1-2-18-34-21-25-28(29(38)36-19-16-31(39,17-20-36)22-8-4-3-5-9-22)35-37(27-11-7-6-10-26(27)33)30(25)40-24-14-12-23(32)13-15-24/h3-15,34,39H,2,16-21H2,1H3. The third-order valence-electron chi connectivity index (χ3n) is 7.17. The summed E-state index contributed by atoms with van der Waals surface area (Å²) in [5.74, 6) is 0.745. The van der Waals surface area contributed by atoms with E-state index < -0.39 is 5.60 Å². The molecule has 0 atom stereocenters. The molecular weight excluding hydrogens is 547 g/mol. The normalized spacial score (nSPS) is 14.8. The highest BCUT2D eigenvalue weighted by Crippen LogP contribution is 2.36. The first kappa shape index (κ1) is 28.2. The molecule has 1 aliphatic rings. The van der Waals surface area contributed by atoms with Crippen molar-refractivity contribution in [3.63, 3.8) is 0 Å². The number of hydrogen-bond acceptors (Lipinski definition) is 5. The van der Waals surface area contributed by atoms with E-state index in [9.17, 15) is 9.90 Å². The second-order valence-corrected chi connectivity index (χ2v) is 10.8. The summed E-state index contributed by atoms with van der Waals surface area (Å²) in [7, 11) is 0. The Hall–Kier alpha value is -3.36. The van der Waals surface area contributed by atoms with Crippen molar-refractivity contribution >= 4 is 29.1 Å². The first-order valence-corrected chi connectivity index (χ1v) is 14.2. The molecule has 2 N–H and O–H groups in total. The molecule has 0 spiro atoms. The molecule has 7 nitrogen and oxygen atoms in total. The molecule has 5 rings (SSSR count). The number of carbonyl (C=O) groups is 1. The lowest BCUT2D eigenvalue weighted by molar-refractivity contribution is -0.0213. The zero-order valence-electron chi connectivity index (χ0n) is 22.3. The first-order chi connectivity index (χ1) is 19.4. The van der Waals surface area contributed by atoms with Gasteiger partial charge < -0.3 is 20.1 Å². The summed E-state index contributed by atoms with van der Waals surface area (Å²) < 4.78 is 7.97. The van der Waals surface area contributed by atoms with Gasteiger partial charge in [0.25, 0.3) is 5.91 Å². The van der Waals surface area contributed by atoms with Gasteiger partial charge in [-0.1, -0.05) is 72.6 Å². The maximum atomic E-state index is 14.0. The van der Waals surface area contributed by atoms with E-state index >= 15 is 0 Å². The number of amides is 1. The number of benzene rings is 3. The molecule has 0 unspecified atom stereocenters. The van der Waals surface area contributed by atoms with Crippen LogP contribution in [0.3, 0.4) is 0 Å². The molecular formula is C31H32Cl2N4O3. The summed E-state index contributed by atoms with van der Waals surface area (Å²) in [6.45, 7) is 4.03. The highest BCUT2D eigenvalue weighted by atomic mass is 35.5. The Bertz CT molecular complexity index is 1450. The minimum Gasteiger partial charge on any atom is -0.439 e. The molecule has 1 aromatic heterocycles. The minimum atomic E-state index is -0.969. The lowest BCUT2D eigenvalue weighted by Crippen LogP contribution is -2.45. The lowest BCUT2D eigenvalue weighted by Gasteiger charge is -2.38. The average Bonchev–Trinajstić information content (AvgIpc) is 3.32. The summed E-state index contributed by atoms with van der Waals surface area (Å²) in [6, 6.07) is 24.0. The van der Waals surface area contributed by atoms with Gasteiger partial charge in [-0.3, -0.25) is 4.79 Å². The second-order valence-electron chi connectivity index (χ2n) is 9.92. The molecule has 1 fully saturated rings. The number of rotatable bonds is 9. The molecule has 0 radical (unpaired) electrons. The van der Waals surface area contributed by atoms with Crippen molar-refractivity contribution in [2.45, 2.75) is 38.3 Å². The van der Waals surface area contributed by atoms with Crippen LogP contribution in [0.5, 0.6) is 11.6 Å². The van der Waals surface area contributed by atoms with E-state index in [4.69, 9.17) is 33.0 Å². The van der Waals surface area contributed by atoms with Gasteiger partial charge in [0.2, 0.25) is 5.88 Å². The third-order valence-corrected chi connectivity index (χ3v) is 7.74. The topological polar surface area (TPSA) is 79.6 Å². The first-order valence-electron chi connectivity index (χ1n) is 13.5. The SMILES string of the molecule is CCCNCc1c(C(=O)N2CCC(O)(c3ccccc3)CC2)nn(-c2ccccc2Cl)c1Oc1ccc(Cl)cc1. The number of aliphatic hydroxyl groups is 1. The number of piperidine rings is 1. The van der Waals surface area contributed by atoms with Gasteiger partial charge in [-0.05, 0) is 67.8 Å². The summed E-state index contributed by atoms with van der Waals surface area (Å²) in [5.41, 5.74) is 1.42. The number of likely N-dealkylation sites (tertiary alicyclic amines) is 1. The van der Waals surface area contributed by atoms with Gasteiger partial charge in [0.1, 0.15) is 5.75 Å². The summed E-state index contributed by atoms with van der Waals surface area (Å²) in [6.07, 6.45) is 1.80. The van der Waals surface area contributed by atoms with Crippen LogP contribution in [-0.4, -0.2) is 45.3 Å². The fourth-order valence-corrected chi connectivity index (χ4v) is 5.27. The van der Waals surface area contributed by atoms with Gasteiger partial charge in [0.05, 0.1) is 21.9 Å². The van der Waals surface area contributed by atoms with Crippen molar-refractivity contribution in [1.82, 2.24) is 20.0 Å². The number of aromatic nitrogens is 2. The lowest BCUT2D eigenvalue weighted by atomic mass is 9.84. The van der Waals surface area contributed by atoms with Crippen LogP contribution in [0.1, 0.15) is 47.8 Å². The van der Waals surface area contributed by atoms with E-state index in [2.05, 4.69) is 12.2 Å². The molecule has 0 saturated carbocycles. The molecule has 40 heavy (non-hydrogen) atoms. The number of halogens is 2. The number of ether oxygens (including phenoxy) is 1. The molecule has 4 aromatic rings. The Morgan fingerprint density at radius 3 is 2.35 bits per heavy atom. The van der Waals surface area contributed by atoms with Crippen molar-refractivity contribution in [3.05, 3.63) is 106 Å². The predicted octanol–water partition coefficient (Wildman–Crippen LogP) is 6.59. The van der Waals surface area contributed by atoms with Crippen LogP contribution in [0, 0.1) is 0 Å². The maximum Gasteiger partial charge on any atom is 0.274 e. The van der Waals surface area contributed by atoms with Crippen LogP contribution < -0.4 is 10.1 Å². The van der Waals surface area contributed by atoms with E-state index in [1.807, 2.05) is 48.5 Å². The number of hydrogen-bond donors (Lipinski definition) is 2. The molecule has 0 bridgehead atoms. The van der Waals surface area contributed by atoms with E-state index in [-0.39, 0.29) is 11.6 Å². The van der Waals surface area contributed by atoms with E-state index in [0.29, 0.717) is 65.4 Å². The van der Waals surface area contributed by atoms with Crippen molar-refractivity contribution in [2.24, 2.45) is 0 Å². The van der Waals surface area contributed by atoms with E-state index in [1.165, 1.54) is 0 Å².